The van der Waals surface area contributed by atoms with Crippen LogP contribution in [-0.2, 0) is 0 Å². The second kappa shape index (κ2) is 4.66. The zero-order valence-electron chi connectivity index (χ0n) is 10.5. The first-order valence-electron chi connectivity index (χ1n) is 6.12. The number of nitro benzene ring substituents is 1. The van der Waals surface area contributed by atoms with E-state index in [9.17, 15) is 15.2 Å². The largest absolute Gasteiger partial charge is 0.507 e. The van der Waals surface area contributed by atoms with Crippen LogP contribution < -0.4 is 0 Å². The van der Waals surface area contributed by atoms with Gasteiger partial charge in [-0.1, -0.05) is 30.3 Å². The quantitative estimate of drug-likeness (QED) is 0.560. The fourth-order valence-electron chi connectivity index (χ4n) is 2.30. The molecule has 98 valence electrons. The maximum Gasteiger partial charge on any atom is 0.269 e. The molecule has 0 unspecified atom stereocenters. The van der Waals surface area contributed by atoms with Gasteiger partial charge in [0, 0.05) is 17.5 Å². The summed E-state index contributed by atoms with van der Waals surface area (Å²) in [6, 6.07) is 17.4. The molecule has 4 heteroatoms. The lowest BCUT2D eigenvalue weighted by Crippen LogP contribution is -1.87. The van der Waals surface area contributed by atoms with Gasteiger partial charge < -0.3 is 5.11 Å². The van der Waals surface area contributed by atoms with E-state index in [4.69, 9.17) is 0 Å². The van der Waals surface area contributed by atoms with Crippen LogP contribution in [0.25, 0.3) is 21.9 Å². The van der Waals surface area contributed by atoms with E-state index in [1.807, 2.05) is 30.3 Å². The van der Waals surface area contributed by atoms with Crippen LogP contribution in [0.1, 0.15) is 0 Å². The summed E-state index contributed by atoms with van der Waals surface area (Å²) < 4.78 is 0. The van der Waals surface area contributed by atoms with Gasteiger partial charge in [0.25, 0.3) is 5.69 Å². The van der Waals surface area contributed by atoms with Crippen LogP contribution in [0.5, 0.6) is 5.75 Å². The number of benzene rings is 3. The highest BCUT2D eigenvalue weighted by molar-refractivity contribution is 5.99. The van der Waals surface area contributed by atoms with Gasteiger partial charge in [-0.3, -0.25) is 10.1 Å². The summed E-state index contributed by atoms with van der Waals surface area (Å²) in [6.45, 7) is 0. The zero-order chi connectivity index (χ0) is 14.1. The highest BCUT2D eigenvalue weighted by Gasteiger charge is 2.09. The Morgan fingerprint density at radius 3 is 2.15 bits per heavy atom. The van der Waals surface area contributed by atoms with Crippen LogP contribution in [0.15, 0.2) is 60.7 Å². The summed E-state index contributed by atoms with van der Waals surface area (Å²) in [6.07, 6.45) is 0. The molecule has 0 atom stereocenters. The van der Waals surface area contributed by atoms with Gasteiger partial charge in [-0.25, -0.2) is 0 Å². The fraction of sp³-hybridized carbons (Fsp3) is 0. The van der Waals surface area contributed by atoms with Crippen molar-refractivity contribution < 1.29 is 10.0 Å². The molecule has 0 heterocycles. The lowest BCUT2D eigenvalue weighted by Gasteiger charge is -2.08. The lowest BCUT2D eigenvalue weighted by molar-refractivity contribution is -0.384. The van der Waals surface area contributed by atoms with Crippen molar-refractivity contribution in [3.8, 4) is 16.9 Å². The number of aromatic hydroxyl groups is 1. The third kappa shape index (κ3) is 1.97. The van der Waals surface area contributed by atoms with Crippen molar-refractivity contribution in [3.05, 3.63) is 70.8 Å². The zero-order valence-corrected chi connectivity index (χ0v) is 10.5. The summed E-state index contributed by atoms with van der Waals surface area (Å²) in [7, 11) is 0. The molecule has 20 heavy (non-hydrogen) atoms. The van der Waals surface area contributed by atoms with E-state index >= 15 is 0 Å². The molecule has 0 aliphatic carbocycles. The Kier molecular flexibility index (Phi) is 2.84. The number of nitrogens with zero attached hydrogens (tertiary/aromatic N) is 1. The second-order valence-electron chi connectivity index (χ2n) is 4.48. The minimum Gasteiger partial charge on any atom is -0.507 e. The number of rotatable bonds is 2. The summed E-state index contributed by atoms with van der Waals surface area (Å²) in [5.41, 5.74) is 1.89. The number of phenols is 1. The number of fused-ring (bicyclic) bond motifs is 1. The average molecular weight is 265 g/mol. The van der Waals surface area contributed by atoms with Crippen molar-refractivity contribution in [1.82, 2.24) is 0 Å². The van der Waals surface area contributed by atoms with Crippen molar-refractivity contribution in [2.75, 3.05) is 0 Å². The van der Waals surface area contributed by atoms with Gasteiger partial charge in [0.15, 0.2) is 0 Å². The molecule has 3 aromatic rings. The Bertz CT molecular complexity index is 794. The number of non-ortho nitro benzene ring substituents is 1. The molecule has 0 aliphatic heterocycles. The molecule has 0 spiro atoms. The molecule has 1 N–H and O–H groups in total. The Morgan fingerprint density at radius 1 is 0.850 bits per heavy atom. The summed E-state index contributed by atoms with van der Waals surface area (Å²) >= 11 is 0. The third-order valence-electron chi connectivity index (χ3n) is 3.29. The maximum absolute atomic E-state index is 10.7. The number of hydrogen-bond acceptors (Lipinski definition) is 3. The highest BCUT2D eigenvalue weighted by atomic mass is 16.6. The SMILES string of the molecule is O=[N+]([O-])c1ccc(-c2ccc(O)c3ccccc23)cc1. The topological polar surface area (TPSA) is 63.4 Å². The van der Waals surface area contributed by atoms with E-state index in [2.05, 4.69) is 0 Å². The normalized spacial score (nSPS) is 10.6. The molecular weight excluding hydrogens is 254 g/mol. The first-order chi connectivity index (χ1) is 9.66. The smallest absolute Gasteiger partial charge is 0.269 e. The molecule has 0 saturated carbocycles. The van der Waals surface area contributed by atoms with Crippen LogP contribution >= 0.6 is 0 Å². The molecule has 3 aromatic carbocycles. The molecule has 0 saturated heterocycles. The lowest BCUT2D eigenvalue weighted by atomic mass is 9.97. The first kappa shape index (κ1) is 12.2. The molecule has 0 aliphatic rings. The average Bonchev–Trinajstić information content (AvgIpc) is 2.48. The van der Waals surface area contributed by atoms with E-state index in [1.165, 1.54) is 12.1 Å². The molecule has 0 amide bonds. The van der Waals surface area contributed by atoms with E-state index in [0.717, 1.165) is 21.9 Å². The maximum atomic E-state index is 10.7. The van der Waals surface area contributed by atoms with E-state index in [0.29, 0.717) is 0 Å². The molecule has 0 fully saturated rings. The minimum absolute atomic E-state index is 0.0665. The van der Waals surface area contributed by atoms with Crippen molar-refractivity contribution in [2.45, 2.75) is 0 Å². The Morgan fingerprint density at radius 2 is 1.50 bits per heavy atom. The van der Waals surface area contributed by atoms with Gasteiger partial charge in [0.05, 0.1) is 4.92 Å². The van der Waals surface area contributed by atoms with Crippen LogP contribution in [0.3, 0.4) is 0 Å². The molecular formula is C16H11NO3. The predicted octanol–water partition coefficient (Wildman–Crippen LogP) is 4.12. The first-order valence-corrected chi connectivity index (χ1v) is 6.12. The van der Waals surface area contributed by atoms with Crippen LogP contribution in [0.4, 0.5) is 5.69 Å². The molecule has 0 aromatic heterocycles. The van der Waals surface area contributed by atoms with E-state index in [-0.39, 0.29) is 11.4 Å². The monoisotopic (exact) mass is 265 g/mol. The fourth-order valence-corrected chi connectivity index (χ4v) is 2.30. The Labute approximate surface area is 115 Å². The van der Waals surface area contributed by atoms with Crippen molar-refractivity contribution in [1.29, 1.82) is 0 Å². The Hall–Kier alpha value is -2.88. The predicted molar refractivity (Wildman–Crippen MR) is 77.7 cm³/mol. The molecule has 3 rings (SSSR count). The van der Waals surface area contributed by atoms with Crippen molar-refractivity contribution >= 4 is 16.5 Å². The standard InChI is InChI=1S/C16H11NO3/c18-16-10-9-13(14-3-1-2-4-15(14)16)11-5-7-12(8-6-11)17(19)20/h1-10,18H. The van der Waals surface area contributed by atoms with E-state index in [1.54, 1.807) is 18.2 Å². The van der Waals surface area contributed by atoms with Gasteiger partial charge in [0.1, 0.15) is 5.75 Å². The molecule has 4 nitrogen and oxygen atoms in total. The second-order valence-corrected chi connectivity index (χ2v) is 4.48. The minimum atomic E-state index is -0.418. The number of nitro groups is 1. The molecule has 0 radical (unpaired) electrons. The number of hydrogen-bond donors (Lipinski definition) is 1. The van der Waals surface area contributed by atoms with Crippen LogP contribution in [0.2, 0.25) is 0 Å². The summed E-state index contributed by atoms with van der Waals surface area (Å²) in [4.78, 5) is 10.3. The van der Waals surface area contributed by atoms with Gasteiger partial charge >= 0.3 is 0 Å². The summed E-state index contributed by atoms with van der Waals surface area (Å²) in [5, 5.41) is 22.2. The Balaban J connectivity index is 2.19. The van der Waals surface area contributed by atoms with Gasteiger partial charge in [-0.15, -0.1) is 0 Å². The van der Waals surface area contributed by atoms with Gasteiger partial charge in [-0.05, 0) is 34.7 Å². The van der Waals surface area contributed by atoms with E-state index < -0.39 is 4.92 Å². The summed E-state index contributed by atoms with van der Waals surface area (Å²) in [5.74, 6) is 0.228. The van der Waals surface area contributed by atoms with Gasteiger partial charge in [-0.2, -0.15) is 0 Å². The van der Waals surface area contributed by atoms with Gasteiger partial charge in [0.2, 0.25) is 0 Å². The number of phenolic OH excluding ortho intramolecular Hbond substituents is 1. The molecule has 0 bridgehead atoms. The van der Waals surface area contributed by atoms with Crippen molar-refractivity contribution in [2.24, 2.45) is 0 Å². The highest BCUT2D eigenvalue weighted by Crippen LogP contribution is 2.34. The third-order valence-corrected chi connectivity index (χ3v) is 3.29. The van der Waals surface area contributed by atoms with Crippen LogP contribution in [-0.4, -0.2) is 10.0 Å². The van der Waals surface area contributed by atoms with Crippen LogP contribution in [0, 0.1) is 10.1 Å². The van der Waals surface area contributed by atoms with Crippen molar-refractivity contribution in [3.63, 3.8) is 0 Å².